The van der Waals surface area contributed by atoms with Gasteiger partial charge in [0.2, 0.25) is 0 Å². The minimum absolute atomic E-state index is 0.0366. The van der Waals surface area contributed by atoms with Gasteiger partial charge in [-0.2, -0.15) is 0 Å². The maximum absolute atomic E-state index is 13.2. The Hall–Kier alpha value is -3.58. The van der Waals surface area contributed by atoms with Crippen LogP contribution in [0, 0.1) is 5.82 Å². The first kappa shape index (κ1) is 19.7. The molecule has 0 bridgehead atoms. The number of amides is 2. The maximum Gasteiger partial charge on any atom is 0.270 e. The highest BCUT2D eigenvalue weighted by molar-refractivity contribution is 7.80. The van der Waals surface area contributed by atoms with Gasteiger partial charge in [-0.05, 0) is 72.7 Å². The quantitative estimate of drug-likeness (QED) is 0.384. The van der Waals surface area contributed by atoms with Gasteiger partial charge < -0.3 is 4.42 Å². The number of hydrogen-bond acceptors (Lipinski definition) is 4. The molecule has 1 N–H and O–H groups in total. The van der Waals surface area contributed by atoms with E-state index in [0.29, 0.717) is 29.2 Å². The van der Waals surface area contributed by atoms with Crippen molar-refractivity contribution in [1.29, 1.82) is 0 Å². The second-order valence-corrected chi connectivity index (χ2v) is 7.04. The number of furan rings is 1. The molecule has 1 fully saturated rings. The Morgan fingerprint density at radius 3 is 2.53 bits per heavy atom. The Morgan fingerprint density at radius 2 is 1.80 bits per heavy atom. The molecule has 1 aliphatic heterocycles. The Kier molecular flexibility index (Phi) is 5.29. The van der Waals surface area contributed by atoms with Crippen molar-refractivity contribution in [2.45, 2.75) is 13.3 Å². The summed E-state index contributed by atoms with van der Waals surface area (Å²) in [5, 5.41) is 2.61. The number of benzene rings is 2. The van der Waals surface area contributed by atoms with Gasteiger partial charge in [-0.15, -0.1) is 0 Å². The molecule has 1 aromatic heterocycles. The number of aryl methyl sites for hydroxylation is 1. The van der Waals surface area contributed by atoms with Crippen molar-refractivity contribution in [2.24, 2.45) is 0 Å². The van der Waals surface area contributed by atoms with Crippen LogP contribution in [0.25, 0.3) is 17.4 Å². The fraction of sp³-hybridized carbons (Fsp3) is 0.0870. The smallest absolute Gasteiger partial charge is 0.270 e. The molecule has 0 saturated carbocycles. The number of anilines is 1. The van der Waals surface area contributed by atoms with E-state index in [9.17, 15) is 14.0 Å². The van der Waals surface area contributed by atoms with Crippen LogP contribution in [0.1, 0.15) is 18.2 Å². The van der Waals surface area contributed by atoms with Gasteiger partial charge in [0, 0.05) is 5.56 Å². The predicted molar refractivity (Wildman–Crippen MR) is 116 cm³/mol. The Labute approximate surface area is 177 Å². The molecule has 150 valence electrons. The first-order chi connectivity index (χ1) is 14.5. The standard InChI is InChI=1S/C23H17FN2O3S/c1-2-14-5-3-4-6-19(14)26-22(28)18(21(27)25-23(26)30)13-17-11-12-20(29-17)15-7-9-16(24)10-8-15/h3-13H,2H2,1H3,(H,25,27,30)/b18-13-. The minimum Gasteiger partial charge on any atom is -0.457 e. The molecule has 1 aliphatic rings. The van der Waals surface area contributed by atoms with Crippen molar-refractivity contribution < 1.29 is 18.4 Å². The van der Waals surface area contributed by atoms with Crippen LogP contribution in [0.2, 0.25) is 0 Å². The van der Waals surface area contributed by atoms with Gasteiger partial charge >= 0.3 is 0 Å². The molecule has 0 spiro atoms. The van der Waals surface area contributed by atoms with E-state index in [0.717, 1.165) is 5.56 Å². The number of hydrogen-bond donors (Lipinski definition) is 1. The van der Waals surface area contributed by atoms with Crippen molar-refractivity contribution in [1.82, 2.24) is 5.32 Å². The third-order valence-electron chi connectivity index (χ3n) is 4.76. The summed E-state index contributed by atoms with van der Waals surface area (Å²) in [6, 6.07) is 16.6. The van der Waals surface area contributed by atoms with E-state index in [1.807, 2.05) is 25.1 Å². The summed E-state index contributed by atoms with van der Waals surface area (Å²) in [5.41, 5.74) is 2.15. The van der Waals surface area contributed by atoms with Gasteiger partial charge in [0.1, 0.15) is 22.9 Å². The van der Waals surface area contributed by atoms with Crippen LogP contribution in [-0.4, -0.2) is 16.9 Å². The van der Waals surface area contributed by atoms with Crippen molar-refractivity contribution in [3.8, 4) is 11.3 Å². The van der Waals surface area contributed by atoms with Crippen LogP contribution < -0.4 is 10.2 Å². The molecule has 2 heterocycles. The number of thiocarbonyl (C=S) groups is 1. The second-order valence-electron chi connectivity index (χ2n) is 6.65. The number of carbonyl (C=O) groups excluding carboxylic acids is 2. The van der Waals surface area contributed by atoms with Gasteiger partial charge in [0.25, 0.3) is 11.8 Å². The second kappa shape index (κ2) is 8.04. The summed E-state index contributed by atoms with van der Waals surface area (Å²) in [4.78, 5) is 27.0. The van der Waals surface area contributed by atoms with Gasteiger partial charge in [-0.3, -0.25) is 19.8 Å². The lowest BCUT2D eigenvalue weighted by molar-refractivity contribution is -0.122. The summed E-state index contributed by atoms with van der Waals surface area (Å²) in [5.74, 6) is -0.640. The van der Waals surface area contributed by atoms with Crippen LogP contribution in [0.4, 0.5) is 10.1 Å². The number of nitrogens with zero attached hydrogens (tertiary/aromatic N) is 1. The van der Waals surface area contributed by atoms with Crippen LogP contribution >= 0.6 is 12.2 Å². The first-order valence-electron chi connectivity index (χ1n) is 9.33. The molecule has 2 amide bonds. The maximum atomic E-state index is 13.2. The highest BCUT2D eigenvalue weighted by Crippen LogP contribution is 2.28. The molecular weight excluding hydrogens is 403 g/mol. The monoisotopic (exact) mass is 420 g/mol. The highest BCUT2D eigenvalue weighted by Gasteiger charge is 2.35. The fourth-order valence-electron chi connectivity index (χ4n) is 3.25. The number of halogens is 1. The summed E-state index contributed by atoms with van der Waals surface area (Å²) < 4.78 is 18.9. The van der Waals surface area contributed by atoms with Crippen LogP contribution in [0.5, 0.6) is 0 Å². The third kappa shape index (κ3) is 3.67. The van der Waals surface area contributed by atoms with E-state index in [4.69, 9.17) is 16.6 Å². The Balaban J connectivity index is 1.69. The molecule has 1 saturated heterocycles. The third-order valence-corrected chi connectivity index (χ3v) is 5.04. The number of nitrogens with one attached hydrogen (secondary N) is 1. The lowest BCUT2D eigenvalue weighted by atomic mass is 10.1. The first-order valence-corrected chi connectivity index (χ1v) is 9.74. The molecule has 0 radical (unpaired) electrons. The zero-order valence-corrected chi connectivity index (χ0v) is 16.8. The molecule has 3 aromatic rings. The topological polar surface area (TPSA) is 62.6 Å². The van der Waals surface area contributed by atoms with E-state index in [1.165, 1.54) is 23.1 Å². The number of carbonyl (C=O) groups is 2. The van der Waals surface area contributed by atoms with E-state index < -0.39 is 11.8 Å². The molecule has 0 aliphatic carbocycles. The average molecular weight is 420 g/mol. The summed E-state index contributed by atoms with van der Waals surface area (Å²) in [6.07, 6.45) is 2.09. The molecule has 0 unspecified atom stereocenters. The molecular formula is C23H17FN2O3S. The van der Waals surface area contributed by atoms with E-state index in [2.05, 4.69) is 5.32 Å². The zero-order valence-electron chi connectivity index (χ0n) is 16.0. The SMILES string of the molecule is CCc1ccccc1N1C(=O)/C(=C\c2ccc(-c3ccc(F)cc3)o2)C(=O)NC1=S. The van der Waals surface area contributed by atoms with Crippen molar-refractivity contribution in [3.63, 3.8) is 0 Å². The van der Waals surface area contributed by atoms with Crippen molar-refractivity contribution in [3.05, 3.63) is 83.4 Å². The molecule has 4 rings (SSSR count). The molecule has 5 nitrogen and oxygen atoms in total. The van der Waals surface area contributed by atoms with Gasteiger partial charge in [-0.1, -0.05) is 25.1 Å². The van der Waals surface area contributed by atoms with E-state index in [-0.39, 0.29) is 16.5 Å². The van der Waals surface area contributed by atoms with Crippen LogP contribution in [-0.2, 0) is 16.0 Å². The van der Waals surface area contributed by atoms with E-state index in [1.54, 1.807) is 30.3 Å². The number of rotatable bonds is 4. The summed E-state index contributed by atoms with van der Waals surface area (Å²) in [6.45, 7) is 1.98. The fourth-order valence-corrected chi connectivity index (χ4v) is 3.52. The summed E-state index contributed by atoms with van der Waals surface area (Å²) >= 11 is 5.26. The van der Waals surface area contributed by atoms with Crippen LogP contribution in [0.15, 0.2) is 70.7 Å². The van der Waals surface area contributed by atoms with Crippen LogP contribution in [0.3, 0.4) is 0 Å². The number of para-hydroxylation sites is 1. The molecule has 0 atom stereocenters. The molecule has 2 aromatic carbocycles. The zero-order chi connectivity index (χ0) is 21.3. The normalized spacial score (nSPS) is 15.6. The van der Waals surface area contributed by atoms with Gasteiger partial charge in [0.05, 0.1) is 5.69 Å². The average Bonchev–Trinajstić information content (AvgIpc) is 3.20. The van der Waals surface area contributed by atoms with Gasteiger partial charge in [0.15, 0.2) is 5.11 Å². The summed E-state index contributed by atoms with van der Waals surface area (Å²) in [7, 11) is 0. The molecule has 7 heteroatoms. The van der Waals surface area contributed by atoms with Gasteiger partial charge in [-0.25, -0.2) is 4.39 Å². The van der Waals surface area contributed by atoms with Crippen molar-refractivity contribution >= 4 is 40.9 Å². The van der Waals surface area contributed by atoms with Crippen molar-refractivity contribution in [2.75, 3.05) is 4.90 Å². The minimum atomic E-state index is -0.588. The molecule has 30 heavy (non-hydrogen) atoms. The van der Waals surface area contributed by atoms with E-state index >= 15 is 0 Å². The highest BCUT2D eigenvalue weighted by atomic mass is 32.1. The lowest BCUT2D eigenvalue weighted by Gasteiger charge is -2.30. The Bertz CT molecular complexity index is 1180. The largest absolute Gasteiger partial charge is 0.457 e. The predicted octanol–water partition coefficient (Wildman–Crippen LogP) is 4.48. The lowest BCUT2D eigenvalue weighted by Crippen LogP contribution is -2.54. The Morgan fingerprint density at radius 1 is 1.07 bits per heavy atom.